The van der Waals surface area contributed by atoms with E-state index in [1.54, 1.807) is 32.2 Å². The SMILES string of the molecule is COCCCN1C(=O)C(O)=C(C(=O)c2sc(C)nc2C)C1c1ccc(OCc2ccccc2)c(OC)c1. The topological polar surface area (TPSA) is 98.2 Å². The average molecular weight is 523 g/mol. The number of aliphatic hydroxyl groups is 1. The first-order chi connectivity index (χ1) is 17.8. The predicted octanol–water partition coefficient (Wildman–Crippen LogP) is 4.96. The molecule has 194 valence electrons. The van der Waals surface area contributed by atoms with Crippen molar-refractivity contribution in [2.45, 2.75) is 32.9 Å². The Bertz CT molecular complexity index is 1320. The highest BCUT2D eigenvalue weighted by Gasteiger charge is 2.44. The van der Waals surface area contributed by atoms with Gasteiger partial charge in [-0.25, -0.2) is 4.98 Å². The fourth-order valence-corrected chi connectivity index (χ4v) is 5.29. The molecular formula is C28H30N2O6S. The van der Waals surface area contributed by atoms with Crippen LogP contribution in [0.3, 0.4) is 0 Å². The Hall–Kier alpha value is -3.69. The Morgan fingerprint density at radius 3 is 2.51 bits per heavy atom. The largest absolute Gasteiger partial charge is 0.503 e. The van der Waals surface area contributed by atoms with E-state index in [1.165, 1.54) is 23.3 Å². The standard InChI is InChI=1S/C28H30N2O6S/c1-17-27(37-18(2)29-17)25(31)23-24(30(13-8-14-34-3)28(33)26(23)32)20-11-12-21(22(15-20)35-4)36-16-19-9-6-5-7-10-19/h5-7,9-12,15,24,32H,8,13-14,16H2,1-4H3. The second kappa shape index (κ2) is 11.6. The molecule has 1 unspecified atom stereocenters. The molecule has 3 aromatic rings. The Morgan fingerprint density at radius 2 is 1.86 bits per heavy atom. The Morgan fingerprint density at radius 1 is 1.11 bits per heavy atom. The molecule has 2 aromatic carbocycles. The summed E-state index contributed by atoms with van der Waals surface area (Å²) in [5.74, 6) is -0.550. The lowest BCUT2D eigenvalue weighted by molar-refractivity contribution is -0.129. The van der Waals surface area contributed by atoms with Gasteiger partial charge in [-0.05, 0) is 43.5 Å². The number of carbonyl (C=O) groups excluding carboxylic acids is 2. The quantitative estimate of drug-likeness (QED) is 0.281. The Labute approximate surface area is 220 Å². The molecule has 8 nitrogen and oxygen atoms in total. The van der Waals surface area contributed by atoms with Gasteiger partial charge in [-0.1, -0.05) is 36.4 Å². The molecule has 0 saturated heterocycles. The van der Waals surface area contributed by atoms with E-state index < -0.39 is 23.5 Å². The fraction of sp³-hybridized carbons (Fsp3) is 0.321. The summed E-state index contributed by atoms with van der Waals surface area (Å²) >= 11 is 1.25. The zero-order chi connectivity index (χ0) is 26.5. The van der Waals surface area contributed by atoms with Crippen molar-refractivity contribution < 1.29 is 28.9 Å². The van der Waals surface area contributed by atoms with E-state index in [4.69, 9.17) is 14.2 Å². The van der Waals surface area contributed by atoms with Crippen LogP contribution in [0.2, 0.25) is 0 Å². The van der Waals surface area contributed by atoms with Gasteiger partial charge >= 0.3 is 0 Å². The highest BCUT2D eigenvalue weighted by molar-refractivity contribution is 7.14. The summed E-state index contributed by atoms with van der Waals surface area (Å²) in [7, 11) is 3.12. The molecule has 37 heavy (non-hydrogen) atoms. The van der Waals surface area contributed by atoms with E-state index in [-0.39, 0.29) is 5.57 Å². The minimum atomic E-state index is -0.796. The number of thiazole rings is 1. The first kappa shape index (κ1) is 26.4. The zero-order valence-corrected chi connectivity index (χ0v) is 22.1. The fourth-order valence-electron chi connectivity index (χ4n) is 4.42. The number of aryl methyl sites for hydroxylation is 2. The number of amides is 1. The third-order valence-corrected chi connectivity index (χ3v) is 7.22. The lowest BCUT2D eigenvalue weighted by atomic mass is 9.94. The summed E-state index contributed by atoms with van der Waals surface area (Å²) < 4.78 is 16.7. The third-order valence-electron chi connectivity index (χ3n) is 6.15. The van der Waals surface area contributed by atoms with Gasteiger partial charge in [0.2, 0.25) is 5.78 Å². The number of hydrogen-bond donors (Lipinski definition) is 1. The first-order valence-corrected chi connectivity index (χ1v) is 12.7. The molecule has 0 radical (unpaired) electrons. The van der Waals surface area contributed by atoms with Crippen molar-refractivity contribution in [1.29, 1.82) is 0 Å². The van der Waals surface area contributed by atoms with E-state index in [0.717, 1.165) is 10.6 Å². The summed E-state index contributed by atoms with van der Waals surface area (Å²) in [6, 6.07) is 14.3. The molecule has 0 aliphatic carbocycles. The first-order valence-electron chi connectivity index (χ1n) is 11.9. The van der Waals surface area contributed by atoms with Crippen LogP contribution in [0.5, 0.6) is 11.5 Å². The lowest BCUT2D eigenvalue weighted by Gasteiger charge is -2.27. The molecule has 4 rings (SSSR count). The monoisotopic (exact) mass is 522 g/mol. The van der Waals surface area contributed by atoms with Gasteiger partial charge in [0, 0.05) is 20.3 Å². The molecular weight excluding hydrogens is 492 g/mol. The summed E-state index contributed by atoms with van der Waals surface area (Å²) in [6.07, 6.45) is 0.543. The van der Waals surface area contributed by atoms with Crippen molar-refractivity contribution in [3.05, 3.63) is 86.6 Å². The molecule has 1 atom stereocenters. The van der Waals surface area contributed by atoms with Crippen LogP contribution in [0.25, 0.3) is 0 Å². The van der Waals surface area contributed by atoms with Crippen LogP contribution in [0, 0.1) is 13.8 Å². The number of rotatable bonds is 11. The number of aliphatic hydroxyl groups excluding tert-OH is 1. The zero-order valence-electron chi connectivity index (χ0n) is 21.3. The third kappa shape index (κ3) is 5.52. The number of carbonyl (C=O) groups is 2. The average Bonchev–Trinajstić information content (AvgIpc) is 3.37. The van der Waals surface area contributed by atoms with E-state index in [9.17, 15) is 14.7 Å². The number of benzene rings is 2. The van der Waals surface area contributed by atoms with Gasteiger partial charge in [0.15, 0.2) is 17.3 Å². The Kier molecular flexibility index (Phi) is 8.25. The Balaban J connectivity index is 1.71. The molecule has 1 N–H and O–H groups in total. The van der Waals surface area contributed by atoms with Gasteiger partial charge in [0.1, 0.15) is 6.61 Å². The van der Waals surface area contributed by atoms with Crippen LogP contribution in [0.4, 0.5) is 0 Å². The van der Waals surface area contributed by atoms with Crippen LogP contribution in [0.1, 0.15) is 44.0 Å². The maximum Gasteiger partial charge on any atom is 0.290 e. The van der Waals surface area contributed by atoms with Crippen LogP contribution in [-0.2, 0) is 16.1 Å². The van der Waals surface area contributed by atoms with Gasteiger partial charge in [-0.15, -0.1) is 11.3 Å². The molecule has 0 spiro atoms. The normalized spacial score (nSPS) is 15.4. The number of Topliss-reactive ketones (excluding diaryl/α,β-unsaturated/α-hetero) is 1. The maximum atomic E-state index is 13.7. The number of aromatic nitrogens is 1. The van der Waals surface area contributed by atoms with Crippen molar-refractivity contribution in [1.82, 2.24) is 9.88 Å². The van der Waals surface area contributed by atoms with Crippen molar-refractivity contribution in [3.8, 4) is 11.5 Å². The minimum Gasteiger partial charge on any atom is -0.503 e. The molecule has 1 amide bonds. The molecule has 1 aliphatic rings. The molecule has 9 heteroatoms. The van der Waals surface area contributed by atoms with Gasteiger partial charge in [-0.2, -0.15) is 0 Å². The molecule has 0 saturated carbocycles. The maximum absolute atomic E-state index is 13.7. The summed E-state index contributed by atoms with van der Waals surface area (Å²) in [6.45, 7) is 4.65. The van der Waals surface area contributed by atoms with Crippen molar-refractivity contribution >= 4 is 23.0 Å². The predicted molar refractivity (Wildman–Crippen MR) is 140 cm³/mol. The summed E-state index contributed by atoms with van der Waals surface area (Å²) in [5, 5.41) is 11.6. The lowest BCUT2D eigenvalue weighted by Crippen LogP contribution is -2.32. The van der Waals surface area contributed by atoms with Gasteiger partial charge < -0.3 is 24.2 Å². The van der Waals surface area contributed by atoms with Crippen molar-refractivity contribution in [2.75, 3.05) is 27.4 Å². The van der Waals surface area contributed by atoms with E-state index in [1.807, 2.05) is 37.3 Å². The highest BCUT2D eigenvalue weighted by atomic mass is 32.1. The van der Waals surface area contributed by atoms with Gasteiger partial charge in [-0.3, -0.25) is 9.59 Å². The molecule has 0 fully saturated rings. The smallest absolute Gasteiger partial charge is 0.290 e. The van der Waals surface area contributed by atoms with Crippen LogP contribution < -0.4 is 9.47 Å². The second-order valence-corrected chi connectivity index (χ2v) is 9.87. The second-order valence-electron chi connectivity index (χ2n) is 8.67. The van der Waals surface area contributed by atoms with Crippen molar-refractivity contribution in [3.63, 3.8) is 0 Å². The summed E-state index contributed by atoms with van der Waals surface area (Å²) in [4.78, 5) is 33.1. The molecule has 2 heterocycles. The van der Waals surface area contributed by atoms with E-state index >= 15 is 0 Å². The number of hydrogen-bond acceptors (Lipinski definition) is 8. The van der Waals surface area contributed by atoms with Gasteiger partial charge in [0.25, 0.3) is 5.91 Å². The number of methoxy groups -OCH3 is 2. The molecule has 0 bridgehead atoms. The van der Waals surface area contributed by atoms with Crippen molar-refractivity contribution in [2.24, 2.45) is 0 Å². The number of ether oxygens (including phenoxy) is 3. The van der Waals surface area contributed by atoms with E-state index in [0.29, 0.717) is 53.8 Å². The van der Waals surface area contributed by atoms with Crippen LogP contribution in [-0.4, -0.2) is 54.1 Å². The van der Waals surface area contributed by atoms with Crippen LogP contribution in [0.15, 0.2) is 59.9 Å². The number of ketones is 1. The molecule has 1 aliphatic heterocycles. The summed E-state index contributed by atoms with van der Waals surface area (Å²) in [5.41, 5.74) is 2.24. The number of nitrogens with zero attached hydrogens (tertiary/aromatic N) is 2. The molecule has 1 aromatic heterocycles. The minimum absolute atomic E-state index is 0.0363. The van der Waals surface area contributed by atoms with E-state index in [2.05, 4.69) is 4.98 Å². The van der Waals surface area contributed by atoms with Gasteiger partial charge in [0.05, 0.1) is 34.3 Å². The highest BCUT2D eigenvalue weighted by Crippen LogP contribution is 2.42. The van der Waals surface area contributed by atoms with Crippen LogP contribution >= 0.6 is 11.3 Å².